The molecule has 0 aromatic heterocycles. The Labute approximate surface area is 112 Å². The first-order chi connectivity index (χ1) is 9.45. The summed E-state index contributed by atoms with van der Waals surface area (Å²) in [5.74, 6) is -2.98. The van der Waals surface area contributed by atoms with Crippen molar-refractivity contribution < 1.29 is 22.3 Å². The van der Waals surface area contributed by atoms with E-state index in [9.17, 15) is 17.6 Å². The van der Waals surface area contributed by atoms with E-state index in [4.69, 9.17) is 10.5 Å². The highest BCUT2D eigenvalue weighted by Gasteiger charge is 2.14. The molecule has 0 heterocycles. The number of rotatable bonds is 4. The van der Waals surface area contributed by atoms with Crippen LogP contribution >= 0.6 is 0 Å². The topological polar surface area (TPSA) is 35.2 Å². The molecule has 1 atom stereocenters. The van der Waals surface area contributed by atoms with Crippen LogP contribution in [0.5, 0.6) is 5.75 Å². The van der Waals surface area contributed by atoms with Crippen molar-refractivity contribution in [2.45, 2.75) is 6.04 Å². The standard InChI is InChI=1S/C14H11F4NO/c15-8-1-2-13(18)12(6-8)14(19)7-20-11-4-9(16)3-10(17)5-11/h1-6,14H,7,19H2. The second kappa shape index (κ2) is 5.92. The van der Waals surface area contributed by atoms with Crippen LogP contribution in [0.2, 0.25) is 0 Å². The van der Waals surface area contributed by atoms with Crippen molar-refractivity contribution in [1.29, 1.82) is 0 Å². The van der Waals surface area contributed by atoms with E-state index in [1.807, 2.05) is 0 Å². The van der Waals surface area contributed by atoms with Crippen LogP contribution < -0.4 is 10.5 Å². The van der Waals surface area contributed by atoms with Crippen molar-refractivity contribution in [3.63, 3.8) is 0 Å². The average molecular weight is 285 g/mol. The summed E-state index contributed by atoms with van der Waals surface area (Å²) >= 11 is 0. The lowest BCUT2D eigenvalue weighted by atomic mass is 10.1. The molecule has 0 saturated heterocycles. The Balaban J connectivity index is 2.08. The second-order valence-electron chi connectivity index (χ2n) is 4.19. The molecule has 0 aliphatic carbocycles. The Morgan fingerprint density at radius 1 is 0.900 bits per heavy atom. The van der Waals surface area contributed by atoms with E-state index in [2.05, 4.69) is 0 Å². The average Bonchev–Trinajstić information content (AvgIpc) is 2.38. The fraction of sp³-hybridized carbons (Fsp3) is 0.143. The van der Waals surface area contributed by atoms with Gasteiger partial charge in [0.05, 0.1) is 6.04 Å². The zero-order valence-electron chi connectivity index (χ0n) is 10.2. The zero-order valence-corrected chi connectivity index (χ0v) is 10.2. The number of nitrogens with two attached hydrogens (primary N) is 1. The molecule has 0 saturated carbocycles. The van der Waals surface area contributed by atoms with Crippen molar-refractivity contribution in [2.24, 2.45) is 5.73 Å². The minimum atomic E-state index is -0.961. The minimum absolute atomic E-state index is 0.0677. The molecule has 1 unspecified atom stereocenters. The van der Waals surface area contributed by atoms with Gasteiger partial charge in [-0.25, -0.2) is 17.6 Å². The summed E-state index contributed by atoms with van der Waals surface area (Å²) in [7, 11) is 0. The van der Waals surface area contributed by atoms with Gasteiger partial charge in [-0.1, -0.05) is 0 Å². The van der Waals surface area contributed by atoms with Crippen LogP contribution in [-0.2, 0) is 0 Å². The third-order valence-corrected chi connectivity index (χ3v) is 2.62. The molecule has 0 bridgehead atoms. The SMILES string of the molecule is NC(COc1cc(F)cc(F)c1)c1cc(F)ccc1F. The van der Waals surface area contributed by atoms with Crippen LogP contribution in [0, 0.1) is 23.3 Å². The molecular weight excluding hydrogens is 274 g/mol. The van der Waals surface area contributed by atoms with Crippen LogP contribution in [0.3, 0.4) is 0 Å². The Kier molecular flexibility index (Phi) is 4.24. The van der Waals surface area contributed by atoms with Crippen LogP contribution in [0.1, 0.15) is 11.6 Å². The maximum absolute atomic E-state index is 13.5. The molecule has 0 aliphatic rings. The summed E-state index contributed by atoms with van der Waals surface area (Å²) in [5, 5.41) is 0. The molecule has 0 spiro atoms. The van der Waals surface area contributed by atoms with E-state index in [1.54, 1.807) is 0 Å². The quantitative estimate of drug-likeness (QED) is 0.875. The Bertz CT molecular complexity index is 598. The van der Waals surface area contributed by atoms with E-state index in [0.717, 1.165) is 30.3 Å². The Morgan fingerprint density at radius 3 is 2.20 bits per heavy atom. The molecule has 106 valence electrons. The lowest BCUT2D eigenvalue weighted by Gasteiger charge is -2.14. The Morgan fingerprint density at radius 2 is 1.55 bits per heavy atom. The van der Waals surface area contributed by atoms with Gasteiger partial charge in [-0.05, 0) is 18.2 Å². The summed E-state index contributed by atoms with van der Waals surface area (Å²) in [6.07, 6.45) is 0. The van der Waals surface area contributed by atoms with Crippen LogP contribution in [0.15, 0.2) is 36.4 Å². The monoisotopic (exact) mass is 285 g/mol. The van der Waals surface area contributed by atoms with Gasteiger partial charge in [0.25, 0.3) is 0 Å². The number of hydrogen-bond acceptors (Lipinski definition) is 2. The smallest absolute Gasteiger partial charge is 0.129 e. The number of benzene rings is 2. The van der Waals surface area contributed by atoms with Crippen LogP contribution in [0.25, 0.3) is 0 Å². The van der Waals surface area contributed by atoms with Crippen molar-refractivity contribution in [2.75, 3.05) is 6.61 Å². The van der Waals surface area contributed by atoms with E-state index < -0.39 is 29.3 Å². The maximum atomic E-state index is 13.5. The maximum Gasteiger partial charge on any atom is 0.129 e. The van der Waals surface area contributed by atoms with Gasteiger partial charge in [-0.3, -0.25) is 0 Å². The first kappa shape index (κ1) is 14.3. The van der Waals surface area contributed by atoms with Gasteiger partial charge in [-0.2, -0.15) is 0 Å². The third kappa shape index (κ3) is 3.48. The second-order valence-corrected chi connectivity index (χ2v) is 4.19. The molecule has 2 N–H and O–H groups in total. The molecule has 0 amide bonds. The van der Waals surface area contributed by atoms with Crippen molar-refractivity contribution in [3.05, 3.63) is 65.2 Å². The summed E-state index contributed by atoms with van der Waals surface area (Å²) in [6, 6.07) is 4.54. The lowest BCUT2D eigenvalue weighted by molar-refractivity contribution is 0.284. The van der Waals surface area contributed by atoms with Crippen LogP contribution in [-0.4, -0.2) is 6.61 Å². The lowest BCUT2D eigenvalue weighted by Crippen LogP contribution is -2.20. The summed E-state index contributed by atoms with van der Waals surface area (Å²) < 4.78 is 57.4. The number of hydrogen-bond donors (Lipinski definition) is 1. The van der Waals surface area contributed by atoms with Gasteiger partial charge in [-0.15, -0.1) is 0 Å². The van der Waals surface area contributed by atoms with E-state index in [0.29, 0.717) is 6.07 Å². The largest absolute Gasteiger partial charge is 0.491 e. The number of halogens is 4. The van der Waals surface area contributed by atoms with E-state index in [1.165, 1.54) is 0 Å². The molecule has 0 aliphatic heterocycles. The highest BCUT2D eigenvalue weighted by molar-refractivity contribution is 5.25. The minimum Gasteiger partial charge on any atom is -0.491 e. The summed E-state index contributed by atoms with van der Waals surface area (Å²) in [5.41, 5.74) is 5.60. The molecule has 0 fully saturated rings. The van der Waals surface area contributed by atoms with E-state index in [-0.39, 0.29) is 17.9 Å². The summed E-state index contributed by atoms with van der Waals surface area (Å²) in [6.45, 7) is -0.247. The predicted molar refractivity (Wildman–Crippen MR) is 65.1 cm³/mol. The first-order valence-electron chi connectivity index (χ1n) is 5.75. The van der Waals surface area contributed by atoms with Gasteiger partial charge in [0.1, 0.15) is 35.6 Å². The Hall–Kier alpha value is -2.08. The molecule has 2 aromatic carbocycles. The van der Waals surface area contributed by atoms with Crippen molar-refractivity contribution >= 4 is 0 Å². The molecule has 2 nitrogen and oxygen atoms in total. The summed E-state index contributed by atoms with van der Waals surface area (Å²) in [4.78, 5) is 0. The van der Waals surface area contributed by atoms with Gasteiger partial charge >= 0.3 is 0 Å². The third-order valence-electron chi connectivity index (χ3n) is 2.62. The van der Waals surface area contributed by atoms with E-state index >= 15 is 0 Å². The van der Waals surface area contributed by atoms with Gasteiger partial charge in [0.2, 0.25) is 0 Å². The van der Waals surface area contributed by atoms with Crippen LogP contribution in [0.4, 0.5) is 17.6 Å². The zero-order chi connectivity index (χ0) is 14.7. The van der Waals surface area contributed by atoms with Gasteiger partial charge < -0.3 is 10.5 Å². The molecule has 6 heteroatoms. The molecule has 2 rings (SSSR count). The van der Waals surface area contributed by atoms with Crippen molar-refractivity contribution in [1.82, 2.24) is 0 Å². The first-order valence-corrected chi connectivity index (χ1v) is 5.75. The predicted octanol–water partition coefficient (Wildman–Crippen LogP) is 3.32. The normalized spacial score (nSPS) is 12.2. The van der Waals surface area contributed by atoms with Gasteiger partial charge in [0.15, 0.2) is 0 Å². The fourth-order valence-corrected chi connectivity index (χ4v) is 1.69. The molecular formula is C14H11F4NO. The highest BCUT2D eigenvalue weighted by atomic mass is 19.1. The molecule has 20 heavy (non-hydrogen) atoms. The number of ether oxygens (including phenoxy) is 1. The van der Waals surface area contributed by atoms with Crippen molar-refractivity contribution in [3.8, 4) is 5.75 Å². The van der Waals surface area contributed by atoms with Gasteiger partial charge in [0, 0.05) is 23.8 Å². The molecule has 0 radical (unpaired) electrons. The molecule has 2 aromatic rings. The fourth-order valence-electron chi connectivity index (χ4n) is 1.69. The highest BCUT2D eigenvalue weighted by Crippen LogP contribution is 2.20.